The third kappa shape index (κ3) is 5.09. The third-order valence-corrected chi connectivity index (χ3v) is 6.33. The Morgan fingerprint density at radius 3 is 2.60 bits per heavy atom. The molecule has 35 heavy (non-hydrogen) atoms. The molecule has 0 spiro atoms. The molecule has 4 rings (SSSR count). The van der Waals surface area contributed by atoms with E-state index >= 15 is 0 Å². The van der Waals surface area contributed by atoms with Gasteiger partial charge in [0.2, 0.25) is 0 Å². The van der Waals surface area contributed by atoms with E-state index < -0.39 is 0 Å². The Morgan fingerprint density at radius 2 is 1.89 bits per heavy atom. The Morgan fingerprint density at radius 1 is 1.11 bits per heavy atom. The Kier molecular flexibility index (Phi) is 6.71. The lowest BCUT2D eigenvalue weighted by atomic mass is 9.91. The van der Waals surface area contributed by atoms with Crippen LogP contribution in [0.15, 0.2) is 36.7 Å². The molecule has 0 saturated heterocycles. The van der Waals surface area contributed by atoms with E-state index in [9.17, 15) is 0 Å². The quantitative estimate of drug-likeness (QED) is 0.469. The molecule has 0 saturated carbocycles. The molecular formula is C26H36N8O. The fourth-order valence-corrected chi connectivity index (χ4v) is 4.38. The van der Waals surface area contributed by atoms with Crippen LogP contribution in [0.2, 0.25) is 0 Å². The van der Waals surface area contributed by atoms with Gasteiger partial charge >= 0.3 is 0 Å². The van der Waals surface area contributed by atoms with Gasteiger partial charge < -0.3 is 30.5 Å². The zero-order chi connectivity index (χ0) is 25.3. The normalized spacial score (nSPS) is 14.2. The molecule has 0 bridgehead atoms. The Balaban J connectivity index is 1.61. The van der Waals surface area contributed by atoms with Crippen LogP contribution in [0.3, 0.4) is 0 Å². The molecule has 0 radical (unpaired) electrons. The molecule has 3 heterocycles. The first-order chi connectivity index (χ1) is 16.6. The number of aromatic nitrogens is 3. The third-order valence-electron chi connectivity index (χ3n) is 6.33. The van der Waals surface area contributed by atoms with Crippen LogP contribution in [0.1, 0.15) is 25.2 Å². The summed E-state index contributed by atoms with van der Waals surface area (Å²) in [7, 11) is 7.80. The van der Waals surface area contributed by atoms with Gasteiger partial charge in [-0.2, -0.15) is 0 Å². The first kappa shape index (κ1) is 24.5. The van der Waals surface area contributed by atoms with E-state index in [1.54, 1.807) is 13.4 Å². The van der Waals surface area contributed by atoms with Crippen molar-refractivity contribution in [2.75, 3.05) is 68.7 Å². The van der Waals surface area contributed by atoms with Gasteiger partial charge in [-0.25, -0.2) is 9.97 Å². The monoisotopic (exact) mass is 476 g/mol. The van der Waals surface area contributed by atoms with Crippen molar-refractivity contribution >= 4 is 34.4 Å². The minimum Gasteiger partial charge on any atom is -0.494 e. The van der Waals surface area contributed by atoms with Crippen molar-refractivity contribution in [2.45, 2.75) is 26.2 Å². The molecule has 9 heteroatoms. The molecule has 0 atom stereocenters. The van der Waals surface area contributed by atoms with E-state index in [4.69, 9.17) is 15.5 Å². The molecule has 0 fully saturated rings. The van der Waals surface area contributed by atoms with Crippen molar-refractivity contribution in [2.24, 2.45) is 0 Å². The lowest BCUT2D eigenvalue weighted by Gasteiger charge is -2.25. The average Bonchev–Trinajstić information content (AvgIpc) is 3.08. The molecule has 0 unspecified atom stereocenters. The average molecular weight is 477 g/mol. The number of likely N-dealkylation sites (N-methyl/N-ethyl adjacent to an activating group) is 2. The van der Waals surface area contributed by atoms with Crippen LogP contribution in [0.25, 0.3) is 0 Å². The van der Waals surface area contributed by atoms with Gasteiger partial charge in [0, 0.05) is 49.9 Å². The first-order valence-corrected chi connectivity index (χ1v) is 11.8. The van der Waals surface area contributed by atoms with Crippen LogP contribution < -0.4 is 25.6 Å². The molecule has 2 aromatic heterocycles. The SMILES string of the molecule is COc1cc(N(C)CCN(C)C)c(N)cc1Nc1cc(N2CC(C)(C)c3nc(C)ccc32)ncn1. The number of ether oxygens (including phenoxy) is 1. The molecule has 3 aromatic rings. The van der Waals surface area contributed by atoms with Gasteiger partial charge in [-0.05, 0) is 39.2 Å². The number of nitrogen functional groups attached to an aromatic ring is 1. The summed E-state index contributed by atoms with van der Waals surface area (Å²) in [5, 5.41) is 3.37. The largest absolute Gasteiger partial charge is 0.494 e. The summed E-state index contributed by atoms with van der Waals surface area (Å²) in [6, 6.07) is 9.96. The Bertz CT molecular complexity index is 1210. The second-order valence-corrected chi connectivity index (χ2v) is 10.0. The van der Waals surface area contributed by atoms with Crippen LogP contribution in [0.4, 0.5) is 34.4 Å². The van der Waals surface area contributed by atoms with Crippen molar-refractivity contribution in [3.63, 3.8) is 0 Å². The lowest BCUT2D eigenvalue weighted by molar-refractivity contribution is 0.413. The summed E-state index contributed by atoms with van der Waals surface area (Å²) in [6.07, 6.45) is 1.57. The predicted molar refractivity (Wildman–Crippen MR) is 144 cm³/mol. The van der Waals surface area contributed by atoms with Gasteiger partial charge in [0.1, 0.15) is 23.7 Å². The van der Waals surface area contributed by atoms with E-state index in [1.807, 2.05) is 38.2 Å². The highest BCUT2D eigenvalue weighted by molar-refractivity contribution is 5.80. The summed E-state index contributed by atoms with van der Waals surface area (Å²) in [4.78, 5) is 20.3. The van der Waals surface area contributed by atoms with Crippen molar-refractivity contribution in [3.05, 3.63) is 48.0 Å². The number of rotatable bonds is 8. The fraction of sp³-hybridized carbons (Fsp3) is 0.423. The molecule has 1 aliphatic heterocycles. The van der Waals surface area contributed by atoms with Crippen molar-refractivity contribution in [1.29, 1.82) is 0 Å². The van der Waals surface area contributed by atoms with Crippen molar-refractivity contribution < 1.29 is 4.74 Å². The van der Waals surface area contributed by atoms with Gasteiger partial charge in [0.05, 0.1) is 35.6 Å². The van der Waals surface area contributed by atoms with E-state index in [0.717, 1.165) is 53.9 Å². The number of pyridine rings is 1. The van der Waals surface area contributed by atoms with Crippen LogP contribution >= 0.6 is 0 Å². The van der Waals surface area contributed by atoms with Crippen LogP contribution in [-0.2, 0) is 5.41 Å². The molecule has 0 aliphatic carbocycles. The van der Waals surface area contributed by atoms with Crippen molar-refractivity contribution in [3.8, 4) is 5.75 Å². The summed E-state index contributed by atoms with van der Waals surface area (Å²) >= 11 is 0. The standard InChI is InChI=1S/C26H36N8O/c1-17-8-9-20-25(30-17)26(2,3)15-34(20)24-14-23(28-16-29-24)31-19-12-18(27)21(13-22(19)35-7)33(6)11-10-32(4)5/h8-9,12-14,16H,10-11,15,27H2,1-7H3,(H,28,29,31). The number of anilines is 6. The highest BCUT2D eigenvalue weighted by atomic mass is 16.5. The minimum absolute atomic E-state index is 0.0774. The second kappa shape index (κ2) is 9.58. The number of nitrogens with zero attached hydrogens (tertiary/aromatic N) is 6. The lowest BCUT2D eigenvalue weighted by Crippen LogP contribution is -2.29. The molecular weight excluding hydrogens is 440 g/mol. The van der Waals surface area contributed by atoms with Gasteiger partial charge in [-0.15, -0.1) is 0 Å². The summed E-state index contributed by atoms with van der Waals surface area (Å²) in [6.45, 7) is 9.01. The number of hydrogen-bond acceptors (Lipinski definition) is 9. The fourth-order valence-electron chi connectivity index (χ4n) is 4.38. The number of benzene rings is 1. The topological polar surface area (TPSA) is 95.7 Å². The van der Waals surface area contributed by atoms with Gasteiger partial charge in [0.15, 0.2) is 0 Å². The Labute approximate surface area is 207 Å². The predicted octanol–water partition coefficient (Wildman–Crippen LogP) is 3.94. The number of hydrogen-bond donors (Lipinski definition) is 2. The maximum atomic E-state index is 6.43. The number of methoxy groups -OCH3 is 1. The molecule has 186 valence electrons. The van der Waals surface area contributed by atoms with Gasteiger partial charge in [0.25, 0.3) is 0 Å². The highest BCUT2D eigenvalue weighted by Crippen LogP contribution is 2.43. The molecule has 3 N–H and O–H groups in total. The van der Waals surface area contributed by atoms with Gasteiger partial charge in [-0.1, -0.05) is 13.8 Å². The molecule has 0 amide bonds. The summed E-state index contributed by atoms with van der Waals surface area (Å²) in [5.74, 6) is 2.16. The molecule has 1 aliphatic rings. The van der Waals surface area contributed by atoms with Gasteiger partial charge in [-0.3, -0.25) is 4.98 Å². The van der Waals surface area contributed by atoms with E-state index in [2.05, 4.69) is 64.0 Å². The van der Waals surface area contributed by atoms with E-state index in [1.165, 1.54) is 0 Å². The maximum Gasteiger partial charge on any atom is 0.144 e. The van der Waals surface area contributed by atoms with Crippen molar-refractivity contribution in [1.82, 2.24) is 19.9 Å². The van der Waals surface area contributed by atoms with Crippen LogP contribution in [-0.4, -0.2) is 67.7 Å². The highest BCUT2D eigenvalue weighted by Gasteiger charge is 2.38. The zero-order valence-electron chi connectivity index (χ0n) is 21.8. The number of nitrogens with one attached hydrogen (secondary N) is 1. The smallest absolute Gasteiger partial charge is 0.144 e. The number of aryl methyl sites for hydroxylation is 1. The molecule has 1 aromatic carbocycles. The second-order valence-electron chi connectivity index (χ2n) is 10.0. The zero-order valence-corrected chi connectivity index (χ0v) is 21.8. The van der Waals surface area contributed by atoms with E-state index in [0.29, 0.717) is 17.3 Å². The van der Waals surface area contributed by atoms with Crippen LogP contribution in [0, 0.1) is 6.92 Å². The summed E-state index contributed by atoms with van der Waals surface area (Å²) in [5.41, 5.74) is 11.9. The van der Waals surface area contributed by atoms with Crippen LogP contribution in [0.5, 0.6) is 5.75 Å². The first-order valence-electron chi connectivity index (χ1n) is 11.8. The summed E-state index contributed by atoms with van der Waals surface area (Å²) < 4.78 is 5.69. The number of fused-ring (bicyclic) bond motifs is 1. The molecule has 9 nitrogen and oxygen atoms in total. The minimum atomic E-state index is -0.0774. The maximum absolute atomic E-state index is 6.43. The van der Waals surface area contributed by atoms with E-state index in [-0.39, 0.29) is 5.41 Å². The number of nitrogens with two attached hydrogens (primary N) is 1. The Hall–Kier alpha value is -3.59.